The second-order valence-corrected chi connectivity index (χ2v) is 3.87. The molecular formula is C10H19NO3. The zero-order chi connectivity index (χ0) is 10.6. The van der Waals surface area contributed by atoms with Crippen LogP contribution in [0.5, 0.6) is 0 Å². The molecule has 0 radical (unpaired) electrons. The zero-order valence-electron chi connectivity index (χ0n) is 8.88. The molecule has 4 heteroatoms. The molecule has 1 fully saturated rings. The Kier molecular flexibility index (Phi) is 3.89. The van der Waals surface area contributed by atoms with E-state index < -0.39 is 11.5 Å². The Balaban J connectivity index is 2.70. The SMILES string of the molecule is CCNC1(C(=O)O)CCCC(OC)C1. The summed E-state index contributed by atoms with van der Waals surface area (Å²) < 4.78 is 5.24. The van der Waals surface area contributed by atoms with Crippen LogP contribution in [0.3, 0.4) is 0 Å². The summed E-state index contributed by atoms with van der Waals surface area (Å²) in [5.74, 6) is -0.749. The number of carboxylic acid groups (broad SMARTS) is 1. The van der Waals surface area contributed by atoms with Crippen molar-refractivity contribution in [2.24, 2.45) is 0 Å². The molecule has 0 aromatic heterocycles. The van der Waals surface area contributed by atoms with Gasteiger partial charge < -0.3 is 15.2 Å². The first kappa shape index (κ1) is 11.5. The maximum atomic E-state index is 11.2. The Morgan fingerprint density at radius 1 is 1.71 bits per heavy atom. The van der Waals surface area contributed by atoms with Crippen molar-refractivity contribution in [1.82, 2.24) is 5.32 Å². The Morgan fingerprint density at radius 3 is 2.93 bits per heavy atom. The zero-order valence-corrected chi connectivity index (χ0v) is 8.88. The van der Waals surface area contributed by atoms with E-state index in [1.165, 1.54) is 0 Å². The van der Waals surface area contributed by atoms with E-state index in [1.807, 2.05) is 6.92 Å². The van der Waals surface area contributed by atoms with E-state index in [4.69, 9.17) is 4.74 Å². The van der Waals surface area contributed by atoms with E-state index >= 15 is 0 Å². The number of hydrogen-bond acceptors (Lipinski definition) is 3. The van der Waals surface area contributed by atoms with Crippen LogP contribution in [-0.4, -0.2) is 36.4 Å². The molecule has 1 saturated carbocycles. The van der Waals surface area contributed by atoms with E-state index in [0.29, 0.717) is 19.4 Å². The fourth-order valence-corrected chi connectivity index (χ4v) is 2.19. The van der Waals surface area contributed by atoms with Gasteiger partial charge in [-0.05, 0) is 25.8 Å². The van der Waals surface area contributed by atoms with Gasteiger partial charge in [0.15, 0.2) is 0 Å². The Hall–Kier alpha value is -0.610. The molecule has 0 aliphatic heterocycles. The lowest BCUT2D eigenvalue weighted by molar-refractivity contribution is -0.148. The van der Waals surface area contributed by atoms with Gasteiger partial charge in [0.1, 0.15) is 5.54 Å². The van der Waals surface area contributed by atoms with Crippen LogP contribution in [-0.2, 0) is 9.53 Å². The predicted octanol–water partition coefficient (Wildman–Crippen LogP) is 1.01. The number of methoxy groups -OCH3 is 1. The monoisotopic (exact) mass is 201 g/mol. The summed E-state index contributed by atoms with van der Waals surface area (Å²) in [5.41, 5.74) is -0.756. The summed E-state index contributed by atoms with van der Waals surface area (Å²) in [4.78, 5) is 11.2. The third-order valence-corrected chi connectivity index (χ3v) is 2.96. The van der Waals surface area contributed by atoms with Gasteiger partial charge in [0, 0.05) is 13.5 Å². The summed E-state index contributed by atoms with van der Waals surface area (Å²) in [6, 6.07) is 0. The van der Waals surface area contributed by atoms with Crippen LogP contribution in [0.2, 0.25) is 0 Å². The van der Waals surface area contributed by atoms with Crippen molar-refractivity contribution in [1.29, 1.82) is 0 Å². The van der Waals surface area contributed by atoms with Gasteiger partial charge in [-0.2, -0.15) is 0 Å². The lowest BCUT2D eigenvalue weighted by Crippen LogP contribution is -2.56. The van der Waals surface area contributed by atoms with Crippen molar-refractivity contribution in [3.05, 3.63) is 0 Å². The Bertz CT molecular complexity index is 204. The molecule has 0 aromatic carbocycles. The molecule has 0 heterocycles. The van der Waals surface area contributed by atoms with Crippen molar-refractivity contribution in [3.8, 4) is 0 Å². The highest BCUT2D eigenvalue weighted by Crippen LogP contribution is 2.30. The standard InChI is InChI=1S/C10H19NO3/c1-3-11-10(9(12)13)6-4-5-8(7-10)14-2/h8,11H,3-7H2,1-2H3,(H,12,13). The third-order valence-electron chi connectivity index (χ3n) is 2.96. The highest BCUT2D eigenvalue weighted by atomic mass is 16.5. The molecule has 2 unspecified atom stereocenters. The summed E-state index contributed by atoms with van der Waals surface area (Å²) >= 11 is 0. The predicted molar refractivity (Wildman–Crippen MR) is 53.3 cm³/mol. The van der Waals surface area contributed by atoms with Gasteiger partial charge in [-0.15, -0.1) is 0 Å². The minimum atomic E-state index is -0.756. The lowest BCUT2D eigenvalue weighted by atomic mass is 9.80. The molecule has 82 valence electrons. The molecule has 0 bridgehead atoms. The average molecular weight is 201 g/mol. The average Bonchev–Trinajstić information content (AvgIpc) is 2.18. The summed E-state index contributed by atoms with van der Waals surface area (Å²) in [6.07, 6.45) is 3.25. The first-order valence-corrected chi connectivity index (χ1v) is 5.16. The van der Waals surface area contributed by atoms with Crippen LogP contribution in [0.4, 0.5) is 0 Å². The van der Waals surface area contributed by atoms with Gasteiger partial charge in [0.25, 0.3) is 0 Å². The van der Waals surface area contributed by atoms with Crippen LogP contribution in [0.1, 0.15) is 32.6 Å². The van der Waals surface area contributed by atoms with Gasteiger partial charge in [-0.1, -0.05) is 6.92 Å². The van der Waals surface area contributed by atoms with Crippen molar-refractivity contribution >= 4 is 5.97 Å². The highest BCUT2D eigenvalue weighted by molar-refractivity contribution is 5.79. The number of likely N-dealkylation sites (N-methyl/N-ethyl adjacent to an activating group) is 1. The fraction of sp³-hybridized carbons (Fsp3) is 0.900. The van der Waals surface area contributed by atoms with Crippen LogP contribution < -0.4 is 5.32 Å². The molecule has 1 aliphatic carbocycles. The maximum Gasteiger partial charge on any atom is 0.323 e. The van der Waals surface area contributed by atoms with Crippen LogP contribution in [0.15, 0.2) is 0 Å². The van der Waals surface area contributed by atoms with Gasteiger partial charge in [-0.25, -0.2) is 0 Å². The largest absolute Gasteiger partial charge is 0.480 e. The minimum absolute atomic E-state index is 0.0823. The van der Waals surface area contributed by atoms with Crippen molar-refractivity contribution in [3.63, 3.8) is 0 Å². The summed E-state index contributed by atoms with van der Waals surface area (Å²) in [7, 11) is 1.65. The lowest BCUT2D eigenvalue weighted by Gasteiger charge is -2.37. The Morgan fingerprint density at radius 2 is 2.43 bits per heavy atom. The van der Waals surface area contributed by atoms with Gasteiger partial charge in [0.2, 0.25) is 0 Å². The number of carboxylic acids is 1. The molecule has 0 saturated heterocycles. The molecule has 2 atom stereocenters. The summed E-state index contributed by atoms with van der Waals surface area (Å²) in [5, 5.41) is 12.3. The molecule has 0 spiro atoms. The minimum Gasteiger partial charge on any atom is -0.480 e. The number of aliphatic carboxylic acids is 1. The van der Waals surface area contributed by atoms with Crippen molar-refractivity contribution in [2.75, 3.05) is 13.7 Å². The number of rotatable bonds is 4. The number of carbonyl (C=O) groups is 1. The number of ether oxygens (including phenoxy) is 1. The molecule has 4 nitrogen and oxygen atoms in total. The van der Waals surface area contributed by atoms with Crippen molar-refractivity contribution in [2.45, 2.75) is 44.2 Å². The van der Waals surface area contributed by atoms with Crippen LogP contribution in [0.25, 0.3) is 0 Å². The van der Waals surface area contributed by atoms with Gasteiger partial charge in [0.05, 0.1) is 6.10 Å². The maximum absolute atomic E-state index is 11.2. The van der Waals surface area contributed by atoms with E-state index in [0.717, 1.165) is 12.8 Å². The molecule has 14 heavy (non-hydrogen) atoms. The quantitative estimate of drug-likeness (QED) is 0.712. The number of hydrogen-bond donors (Lipinski definition) is 2. The fourth-order valence-electron chi connectivity index (χ4n) is 2.19. The van der Waals surface area contributed by atoms with E-state index in [-0.39, 0.29) is 6.10 Å². The molecular weight excluding hydrogens is 182 g/mol. The van der Waals surface area contributed by atoms with E-state index in [9.17, 15) is 9.90 Å². The second kappa shape index (κ2) is 4.75. The molecule has 1 aliphatic rings. The van der Waals surface area contributed by atoms with Gasteiger partial charge >= 0.3 is 5.97 Å². The van der Waals surface area contributed by atoms with E-state index in [2.05, 4.69) is 5.32 Å². The van der Waals surface area contributed by atoms with Crippen molar-refractivity contribution < 1.29 is 14.6 Å². The topological polar surface area (TPSA) is 58.6 Å². The third kappa shape index (κ3) is 2.25. The first-order valence-electron chi connectivity index (χ1n) is 5.16. The van der Waals surface area contributed by atoms with Crippen LogP contribution in [0, 0.1) is 0 Å². The first-order chi connectivity index (χ1) is 6.64. The molecule has 2 N–H and O–H groups in total. The molecule has 0 amide bonds. The summed E-state index contributed by atoms with van der Waals surface area (Å²) in [6.45, 7) is 2.61. The molecule has 1 rings (SSSR count). The normalized spacial score (nSPS) is 32.9. The number of nitrogens with one attached hydrogen (secondary N) is 1. The Labute approximate surface area is 84.6 Å². The van der Waals surface area contributed by atoms with E-state index in [1.54, 1.807) is 7.11 Å². The molecule has 0 aromatic rings. The van der Waals surface area contributed by atoms with Crippen LogP contribution >= 0.6 is 0 Å². The second-order valence-electron chi connectivity index (χ2n) is 3.87. The van der Waals surface area contributed by atoms with Gasteiger partial charge in [-0.3, -0.25) is 4.79 Å². The highest BCUT2D eigenvalue weighted by Gasteiger charge is 2.42. The smallest absolute Gasteiger partial charge is 0.323 e.